The van der Waals surface area contributed by atoms with Crippen molar-refractivity contribution in [2.45, 2.75) is 182 Å². The van der Waals surface area contributed by atoms with Gasteiger partial charge in [-0.25, -0.2) is 0 Å². The summed E-state index contributed by atoms with van der Waals surface area (Å²) >= 11 is 0. The molecule has 0 aromatic rings. The van der Waals surface area contributed by atoms with E-state index in [9.17, 15) is 0 Å². The number of rotatable bonds is 28. The fourth-order valence-corrected chi connectivity index (χ4v) is 11.5. The summed E-state index contributed by atoms with van der Waals surface area (Å²) in [6.45, 7) is 9.42. The van der Waals surface area contributed by atoms with Crippen molar-refractivity contribution in [3.63, 3.8) is 0 Å². The molecule has 234 valence electrons. The first-order chi connectivity index (χ1) is 19.6. The molecule has 0 fully saturated rings. The quantitative estimate of drug-likeness (QED) is 0.0688. The third kappa shape index (κ3) is 28.4. The molecule has 4 heteroatoms. The van der Waals surface area contributed by atoms with Crippen molar-refractivity contribution in [3.05, 3.63) is 0 Å². The van der Waals surface area contributed by atoms with E-state index in [4.69, 9.17) is 15.8 Å². The first-order valence-electron chi connectivity index (χ1n) is 17.8. The van der Waals surface area contributed by atoms with Crippen LogP contribution in [0.5, 0.6) is 0 Å². The van der Waals surface area contributed by atoms with Gasteiger partial charge in [0.25, 0.3) is 0 Å². The maximum Gasteiger partial charge on any atom is 0.218 e. The molecule has 0 aromatic heterocycles. The van der Waals surface area contributed by atoms with Crippen LogP contribution >= 0.6 is 7.26 Å². The van der Waals surface area contributed by atoms with E-state index < -0.39 is 13.2 Å². The number of nitrogens with zero attached hydrogens (tertiary/aromatic N) is 3. The van der Waals surface area contributed by atoms with Gasteiger partial charge in [-0.2, -0.15) is 15.8 Å². The minimum atomic E-state index is -1.10. The second kappa shape index (κ2) is 34.1. The molecule has 0 amide bonds. The Morgan fingerprint density at radius 3 is 0.750 bits per heavy atom. The molecule has 40 heavy (non-hydrogen) atoms. The second-order valence-corrected chi connectivity index (χ2v) is 17.4. The smallest absolute Gasteiger partial charge is 0.196 e. The average molecular weight is 576 g/mol. The summed E-state index contributed by atoms with van der Waals surface area (Å²) in [7, 11) is -1.04. The Bertz CT molecular complexity index is 563. The van der Waals surface area contributed by atoms with Crippen LogP contribution in [-0.2, 0) is 0 Å². The first kappa shape index (κ1) is 41.0. The zero-order valence-electron chi connectivity index (χ0n) is 27.7. The predicted molar refractivity (Wildman–Crippen MR) is 182 cm³/mol. The third-order valence-electron chi connectivity index (χ3n) is 8.63. The zero-order valence-corrected chi connectivity index (χ0v) is 28.7. The maximum absolute atomic E-state index is 7.83. The van der Waals surface area contributed by atoms with E-state index in [2.05, 4.69) is 27.7 Å². The topological polar surface area (TPSA) is 71.4 Å². The van der Waals surface area contributed by atoms with Crippen LogP contribution in [0.3, 0.4) is 0 Å². The Hall–Kier alpha value is -1.10. The molecule has 0 heterocycles. The fourth-order valence-electron chi connectivity index (χ4n) is 5.96. The van der Waals surface area contributed by atoms with Crippen molar-refractivity contribution in [1.29, 1.82) is 15.8 Å². The number of nitriles is 3. The Balaban J connectivity index is 0. The molecule has 0 aromatic carbocycles. The molecule has 0 spiro atoms. The van der Waals surface area contributed by atoms with Gasteiger partial charge in [-0.15, -0.1) is 0 Å². The largest absolute Gasteiger partial charge is 0.218 e. The molecule has 0 aliphatic carbocycles. The van der Waals surface area contributed by atoms with E-state index in [1.54, 1.807) is 50.3 Å². The third-order valence-corrected chi connectivity index (χ3v) is 14.3. The maximum atomic E-state index is 7.83. The summed E-state index contributed by atoms with van der Waals surface area (Å²) in [6, 6.07) is 4.44. The normalized spacial score (nSPS) is 11.3. The van der Waals surface area contributed by atoms with Crippen molar-refractivity contribution in [2.75, 3.05) is 24.6 Å². The van der Waals surface area contributed by atoms with E-state index in [0.717, 1.165) is 0 Å². The van der Waals surface area contributed by atoms with Gasteiger partial charge in [-0.3, -0.25) is 0 Å². The Morgan fingerprint density at radius 2 is 0.550 bits per heavy atom. The zero-order chi connectivity index (χ0) is 30.0. The average Bonchev–Trinajstić information content (AvgIpc) is 2.97. The molecule has 0 saturated carbocycles. The Labute approximate surface area is 253 Å². The van der Waals surface area contributed by atoms with Crippen LogP contribution in [0.25, 0.3) is 0 Å². The first-order valence-corrected chi connectivity index (χ1v) is 20.6. The monoisotopic (exact) mass is 576 g/mol. The van der Waals surface area contributed by atoms with E-state index in [1.807, 2.05) is 0 Å². The van der Waals surface area contributed by atoms with Crippen molar-refractivity contribution in [3.8, 4) is 18.2 Å². The second-order valence-electron chi connectivity index (χ2n) is 12.4. The summed E-state index contributed by atoms with van der Waals surface area (Å²) in [4.78, 5) is 0. The van der Waals surface area contributed by atoms with Gasteiger partial charge in [0.15, 0.2) is 0 Å². The van der Waals surface area contributed by atoms with Crippen LogP contribution in [-0.4, -0.2) is 24.6 Å². The van der Waals surface area contributed by atoms with E-state index in [0.29, 0.717) is 0 Å². The van der Waals surface area contributed by atoms with E-state index >= 15 is 0 Å². The van der Waals surface area contributed by atoms with Crippen LogP contribution in [0, 0.1) is 39.9 Å². The predicted octanol–water partition coefficient (Wildman–Crippen LogP) is 12.4. The molecule has 0 aliphatic heterocycles. The summed E-state index contributed by atoms with van der Waals surface area (Å²) in [5, 5.41) is 23.5. The van der Waals surface area contributed by atoms with Crippen molar-refractivity contribution >= 4 is 7.26 Å². The molecule has 0 N–H and O–H groups in total. The SMILES string of the molecule is CCCCCCCCCCCCCC[PH](CCCCCC)(CCCCCC)CCCCCC.N#CC(C#N)C#N. The standard InChI is InChI=1S/C32H69P.C4HN3/c1-5-9-13-17-18-19-20-21-22-23-24-28-32-33(29-25-14-10-6-2,30-26-15-11-7-3)31-27-16-12-8-4;5-1-4(2-6)3-7/h33H,5-32H2,1-4H3;4H. The molecule has 0 aliphatic rings. The number of unbranched alkanes of at least 4 members (excludes halogenated alkanes) is 20. The summed E-state index contributed by atoms with van der Waals surface area (Å²) < 4.78 is 0. The van der Waals surface area contributed by atoms with Crippen molar-refractivity contribution in [2.24, 2.45) is 5.92 Å². The van der Waals surface area contributed by atoms with Crippen LogP contribution in [0.1, 0.15) is 182 Å². The number of hydrogen-bond acceptors (Lipinski definition) is 3. The Kier molecular flexibility index (Phi) is 35.0. The fraction of sp³-hybridized carbons (Fsp3) is 0.917. The molecule has 3 nitrogen and oxygen atoms in total. The minimum absolute atomic E-state index is 1.04. The van der Waals surface area contributed by atoms with Crippen LogP contribution in [0.4, 0.5) is 0 Å². The van der Waals surface area contributed by atoms with Crippen LogP contribution < -0.4 is 0 Å². The molecule has 0 bridgehead atoms. The summed E-state index contributed by atoms with van der Waals surface area (Å²) in [6.07, 6.45) is 42.3. The molecule has 0 radical (unpaired) electrons. The molecular weight excluding hydrogens is 505 g/mol. The minimum Gasteiger partial charge on any atom is -0.196 e. The van der Waals surface area contributed by atoms with Gasteiger partial charge < -0.3 is 0 Å². The van der Waals surface area contributed by atoms with Gasteiger partial charge >= 0.3 is 200 Å². The number of hydrogen-bond donors (Lipinski definition) is 0. The van der Waals surface area contributed by atoms with Gasteiger partial charge in [0.2, 0.25) is 5.92 Å². The Morgan fingerprint density at radius 1 is 0.350 bits per heavy atom. The molecular formula is C36H70N3P. The molecule has 0 unspecified atom stereocenters. The van der Waals surface area contributed by atoms with Crippen LogP contribution in [0.15, 0.2) is 0 Å². The van der Waals surface area contributed by atoms with Gasteiger partial charge in [0.05, 0.1) is 18.2 Å². The van der Waals surface area contributed by atoms with Crippen molar-refractivity contribution in [1.82, 2.24) is 0 Å². The van der Waals surface area contributed by atoms with Crippen molar-refractivity contribution < 1.29 is 0 Å². The van der Waals surface area contributed by atoms with E-state index in [1.165, 1.54) is 147 Å². The van der Waals surface area contributed by atoms with Crippen LogP contribution in [0.2, 0.25) is 0 Å². The van der Waals surface area contributed by atoms with Gasteiger partial charge in [0.1, 0.15) is 0 Å². The molecule has 0 rings (SSSR count). The van der Waals surface area contributed by atoms with E-state index in [-0.39, 0.29) is 0 Å². The summed E-state index contributed by atoms with van der Waals surface area (Å²) in [5.74, 6) is -1.10. The van der Waals surface area contributed by atoms with Gasteiger partial charge in [-0.05, 0) is 0 Å². The van der Waals surface area contributed by atoms with Gasteiger partial charge in [0, 0.05) is 0 Å². The molecule has 0 atom stereocenters. The van der Waals surface area contributed by atoms with Gasteiger partial charge in [-0.1, -0.05) is 13.3 Å². The molecule has 0 saturated heterocycles. The summed E-state index contributed by atoms with van der Waals surface area (Å²) in [5.41, 5.74) is 0.